The summed E-state index contributed by atoms with van der Waals surface area (Å²) in [6.07, 6.45) is 1.10. The summed E-state index contributed by atoms with van der Waals surface area (Å²) in [6.45, 7) is 7.22. The van der Waals surface area contributed by atoms with Crippen LogP contribution in [0, 0.1) is 6.92 Å². The van der Waals surface area contributed by atoms with Gasteiger partial charge in [-0.15, -0.1) is 0 Å². The van der Waals surface area contributed by atoms with E-state index in [4.69, 9.17) is 11.6 Å². The molecule has 208 valence electrons. The van der Waals surface area contributed by atoms with Gasteiger partial charge in [0.2, 0.25) is 11.8 Å². The lowest BCUT2D eigenvalue weighted by atomic mass is 10.1. The molecule has 0 aliphatic heterocycles. The fourth-order valence-corrected chi connectivity index (χ4v) is 5.73. The van der Waals surface area contributed by atoms with Crippen LogP contribution in [-0.4, -0.2) is 43.8 Å². The van der Waals surface area contributed by atoms with Crippen LogP contribution in [0.2, 0.25) is 5.02 Å². The SMILES string of the molecule is CCC(C)NC(=O)C(CC)N(Cc1ccc(Cl)cc1)C(=O)CN(c1cccc(C)c1)S(=O)(=O)c1ccccc1. The highest BCUT2D eigenvalue weighted by atomic mass is 35.5. The monoisotopic (exact) mass is 569 g/mol. The molecule has 3 rings (SSSR count). The van der Waals surface area contributed by atoms with Crippen molar-refractivity contribution in [2.75, 3.05) is 10.8 Å². The van der Waals surface area contributed by atoms with Crippen LogP contribution in [-0.2, 0) is 26.2 Å². The van der Waals surface area contributed by atoms with Crippen LogP contribution in [0.15, 0.2) is 83.8 Å². The minimum Gasteiger partial charge on any atom is -0.352 e. The Morgan fingerprint density at radius 3 is 2.18 bits per heavy atom. The van der Waals surface area contributed by atoms with Gasteiger partial charge in [0.25, 0.3) is 10.0 Å². The number of anilines is 1. The van der Waals surface area contributed by atoms with E-state index >= 15 is 0 Å². The molecule has 0 saturated carbocycles. The van der Waals surface area contributed by atoms with Crippen molar-refractivity contribution in [3.8, 4) is 0 Å². The Labute approximate surface area is 236 Å². The third kappa shape index (κ3) is 7.83. The fraction of sp³-hybridized carbons (Fsp3) is 0.333. The molecule has 0 heterocycles. The summed E-state index contributed by atoms with van der Waals surface area (Å²) in [5, 5.41) is 3.53. The Balaban J connectivity index is 2.04. The van der Waals surface area contributed by atoms with Gasteiger partial charge in [0, 0.05) is 17.6 Å². The first-order valence-electron chi connectivity index (χ1n) is 13.1. The van der Waals surface area contributed by atoms with Gasteiger partial charge < -0.3 is 10.2 Å². The number of sulfonamides is 1. The Morgan fingerprint density at radius 2 is 1.59 bits per heavy atom. The van der Waals surface area contributed by atoms with E-state index in [-0.39, 0.29) is 23.4 Å². The summed E-state index contributed by atoms with van der Waals surface area (Å²) >= 11 is 6.06. The normalized spacial score (nSPS) is 12.8. The molecular formula is C30H36ClN3O4S. The lowest BCUT2D eigenvalue weighted by Gasteiger charge is -2.33. The maximum Gasteiger partial charge on any atom is 0.264 e. The van der Waals surface area contributed by atoms with Gasteiger partial charge in [-0.25, -0.2) is 8.42 Å². The Hall–Kier alpha value is -3.36. The van der Waals surface area contributed by atoms with Crippen molar-refractivity contribution in [2.24, 2.45) is 0 Å². The maximum atomic E-state index is 14.0. The van der Waals surface area contributed by atoms with Crippen LogP contribution in [0.3, 0.4) is 0 Å². The van der Waals surface area contributed by atoms with E-state index in [1.54, 1.807) is 60.7 Å². The molecule has 1 N–H and O–H groups in total. The molecule has 0 spiro atoms. The second kappa shape index (κ2) is 13.6. The first-order chi connectivity index (χ1) is 18.6. The molecule has 3 aromatic carbocycles. The molecule has 0 saturated heterocycles. The standard InChI is InChI=1S/C30H36ClN3O4S/c1-5-23(4)32-30(36)28(6-2)33(20-24-15-17-25(31)18-16-24)29(35)21-34(26-12-10-11-22(3)19-26)39(37,38)27-13-8-7-9-14-27/h7-19,23,28H,5-6,20-21H2,1-4H3,(H,32,36). The Kier molecular flexibility index (Phi) is 10.5. The van der Waals surface area contributed by atoms with Crippen LogP contribution >= 0.6 is 11.6 Å². The average Bonchev–Trinajstić information content (AvgIpc) is 2.92. The van der Waals surface area contributed by atoms with Crippen LogP contribution in [0.5, 0.6) is 0 Å². The topological polar surface area (TPSA) is 86.8 Å². The zero-order valence-corrected chi connectivity index (χ0v) is 24.4. The Bertz CT molecular complexity index is 1360. The molecule has 0 bridgehead atoms. The molecule has 2 atom stereocenters. The molecular weight excluding hydrogens is 534 g/mol. The van der Waals surface area contributed by atoms with Gasteiger partial charge in [-0.1, -0.05) is 67.9 Å². The number of nitrogens with one attached hydrogen (secondary N) is 1. The van der Waals surface area contributed by atoms with E-state index in [0.29, 0.717) is 17.1 Å². The smallest absolute Gasteiger partial charge is 0.264 e. The van der Waals surface area contributed by atoms with Gasteiger partial charge in [-0.3, -0.25) is 13.9 Å². The molecule has 0 radical (unpaired) electrons. The number of hydrogen-bond acceptors (Lipinski definition) is 4. The maximum absolute atomic E-state index is 14.0. The number of aryl methyl sites for hydroxylation is 1. The molecule has 0 aliphatic rings. The number of carbonyl (C=O) groups excluding carboxylic acids is 2. The van der Waals surface area contributed by atoms with Crippen molar-refractivity contribution < 1.29 is 18.0 Å². The van der Waals surface area contributed by atoms with Crippen molar-refractivity contribution in [1.82, 2.24) is 10.2 Å². The van der Waals surface area contributed by atoms with Crippen LogP contribution in [0.1, 0.15) is 44.7 Å². The van der Waals surface area contributed by atoms with Crippen molar-refractivity contribution >= 4 is 39.1 Å². The number of hydrogen-bond donors (Lipinski definition) is 1. The molecule has 9 heteroatoms. The largest absolute Gasteiger partial charge is 0.352 e. The summed E-state index contributed by atoms with van der Waals surface area (Å²) in [5.74, 6) is -0.765. The van der Waals surface area contributed by atoms with Gasteiger partial charge in [0.1, 0.15) is 12.6 Å². The van der Waals surface area contributed by atoms with Crippen LogP contribution in [0.25, 0.3) is 0 Å². The molecule has 2 unspecified atom stereocenters. The summed E-state index contributed by atoms with van der Waals surface area (Å²) in [5.41, 5.74) is 2.00. The van der Waals surface area contributed by atoms with E-state index in [9.17, 15) is 18.0 Å². The zero-order valence-electron chi connectivity index (χ0n) is 22.8. The predicted molar refractivity (Wildman–Crippen MR) is 156 cm³/mol. The highest BCUT2D eigenvalue weighted by Gasteiger charge is 2.34. The summed E-state index contributed by atoms with van der Waals surface area (Å²) in [4.78, 5) is 28.9. The van der Waals surface area contributed by atoms with Gasteiger partial charge in [-0.05, 0) is 74.2 Å². The first kappa shape index (κ1) is 30.2. The van der Waals surface area contributed by atoms with Crippen LogP contribution in [0.4, 0.5) is 5.69 Å². The third-order valence-electron chi connectivity index (χ3n) is 6.55. The van der Waals surface area contributed by atoms with Crippen molar-refractivity contribution in [3.05, 3.63) is 95.0 Å². The molecule has 2 amide bonds. The fourth-order valence-electron chi connectivity index (χ4n) is 4.18. The van der Waals surface area contributed by atoms with Crippen molar-refractivity contribution in [2.45, 2.75) is 64.1 Å². The number of benzene rings is 3. The second-order valence-electron chi connectivity index (χ2n) is 9.55. The molecule has 7 nitrogen and oxygen atoms in total. The zero-order chi connectivity index (χ0) is 28.6. The summed E-state index contributed by atoms with van der Waals surface area (Å²) in [6, 6.07) is 21.2. The van der Waals surface area contributed by atoms with E-state index in [1.807, 2.05) is 33.8 Å². The lowest BCUT2D eigenvalue weighted by Crippen LogP contribution is -2.53. The number of carbonyl (C=O) groups is 2. The molecule has 0 aliphatic carbocycles. The highest BCUT2D eigenvalue weighted by molar-refractivity contribution is 7.92. The molecule has 0 aromatic heterocycles. The molecule has 39 heavy (non-hydrogen) atoms. The van der Waals surface area contributed by atoms with Gasteiger partial charge in [0.05, 0.1) is 10.6 Å². The van der Waals surface area contributed by atoms with Gasteiger partial charge in [-0.2, -0.15) is 0 Å². The number of halogens is 1. The minimum absolute atomic E-state index is 0.0683. The van der Waals surface area contributed by atoms with E-state index < -0.39 is 28.5 Å². The average molecular weight is 570 g/mol. The highest BCUT2D eigenvalue weighted by Crippen LogP contribution is 2.25. The third-order valence-corrected chi connectivity index (χ3v) is 8.59. The van der Waals surface area contributed by atoms with Crippen LogP contribution < -0.4 is 9.62 Å². The van der Waals surface area contributed by atoms with Crippen molar-refractivity contribution in [1.29, 1.82) is 0 Å². The summed E-state index contributed by atoms with van der Waals surface area (Å²) < 4.78 is 28.8. The predicted octanol–water partition coefficient (Wildman–Crippen LogP) is 5.57. The van der Waals surface area contributed by atoms with E-state index in [1.165, 1.54) is 17.0 Å². The molecule has 3 aromatic rings. The molecule has 0 fully saturated rings. The van der Waals surface area contributed by atoms with Gasteiger partial charge in [0.15, 0.2) is 0 Å². The van der Waals surface area contributed by atoms with E-state index in [2.05, 4.69) is 5.32 Å². The first-order valence-corrected chi connectivity index (χ1v) is 14.9. The quantitative estimate of drug-likeness (QED) is 0.309. The summed E-state index contributed by atoms with van der Waals surface area (Å²) in [7, 11) is -4.09. The Morgan fingerprint density at radius 1 is 0.923 bits per heavy atom. The number of rotatable bonds is 12. The number of nitrogens with zero attached hydrogens (tertiary/aromatic N) is 2. The van der Waals surface area contributed by atoms with E-state index in [0.717, 1.165) is 21.9 Å². The lowest BCUT2D eigenvalue weighted by molar-refractivity contribution is -0.140. The van der Waals surface area contributed by atoms with Gasteiger partial charge >= 0.3 is 0 Å². The second-order valence-corrected chi connectivity index (χ2v) is 11.9. The number of amides is 2. The minimum atomic E-state index is -4.09. The van der Waals surface area contributed by atoms with Crippen molar-refractivity contribution in [3.63, 3.8) is 0 Å².